The number of aromatic amines is 1. The smallest absolute Gasteiger partial charge is 0.326 e. The maximum Gasteiger partial charge on any atom is 0.326 e. The van der Waals surface area contributed by atoms with Crippen LogP contribution in [0.1, 0.15) is 26.0 Å². The number of carboxylic acid groups (broad SMARTS) is 1. The number of aliphatic carboxylic acids is 1. The molecule has 0 aliphatic heterocycles. The van der Waals surface area contributed by atoms with Crippen LogP contribution in [0.5, 0.6) is 0 Å². The van der Waals surface area contributed by atoms with Crippen LogP contribution in [-0.2, 0) is 16.0 Å². The normalized spacial score (nSPS) is 15.5. The van der Waals surface area contributed by atoms with Crippen molar-refractivity contribution in [2.75, 3.05) is 0 Å². The minimum absolute atomic E-state index is 0.000159. The molecule has 0 aromatic carbocycles. The van der Waals surface area contributed by atoms with Gasteiger partial charge in [-0.3, -0.25) is 4.79 Å². The number of hydrogen-bond acceptors (Lipinski definition) is 4. The minimum Gasteiger partial charge on any atom is -0.480 e. The Kier molecular flexibility index (Phi) is 5.50. The lowest BCUT2D eigenvalue weighted by molar-refractivity contribution is -0.142. The molecule has 19 heavy (non-hydrogen) atoms. The van der Waals surface area contributed by atoms with Crippen molar-refractivity contribution in [3.63, 3.8) is 0 Å². The molecule has 3 atom stereocenters. The third kappa shape index (κ3) is 4.36. The van der Waals surface area contributed by atoms with Gasteiger partial charge in [-0.25, -0.2) is 9.78 Å². The Bertz CT molecular complexity index is 419. The third-order valence-electron chi connectivity index (χ3n) is 3.14. The summed E-state index contributed by atoms with van der Waals surface area (Å²) in [4.78, 5) is 29.7. The number of H-pyrrole nitrogens is 1. The molecule has 0 saturated heterocycles. The van der Waals surface area contributed by atoms with Gasteiger partial charge in [-0.2, -0.15) is 0 Å². The second kappa shape index (κ2) is 6.89. The highest BCUT2D eigenvalue weighted by Crippen LogP contribution is 2.06. The van der Waals surface area contributed by atoms with Crippen molar-refractivity contribution in [1.29, 1.82) is 0 Å². The highest BCUT2D eigenvalue weighted by Gasteiger charge is 2.26. The Hall–Kier alpha value is -1.89. The second-order valence-electron chi connectivity index (χ2n) is 4.58. The SMILES string of the molecule is CC[C@@H](C)[C@H](N)C(=O)N[C@@H](Cc1c[nH]cn1)C(=O)O. The number of carboxylic acids is 1. The summed E-state index contributed by atoms with van der Waals surface area (Å²) in [5.74, 6) is -1.55. The van der Waals surface area contributed by atoms with Crippen LogP contribution in [0.3, 0.4) is 0 Å². The first-order chi connectivity index (χ1) is 8.95. The number of imidazole rings is 1. The van der Waals surface area contributed by atoms with Gasteiger partial charge in [0.1, 0.15) is 6.04 Å². The molecule has 0 unspecified atom stereocenters. The molecule has 7 nitrogen and oxygen atoms in total. The number of carbonyl (C=O) groups is 2. The average Bonchev–Trinajstić information content (AvgIpc) is 2.88. The highest BCUT2D eigenvalue weighted by atomic mass is 16.4. The predicted molar refractivity (Wildman–Crippen MR) is 69.3 cm³/mol. The molecule has 0 bridgehead atoms. The molecule has 7 heteroatoms. The highest BCUT2D eigenvalue weighted by molar-refractivity contribution is 5.87. The van der Waals surface area contributed by atoms with Crippen LogP contribution in [0, 0.1) is 5.92 Å². The van der Waals surface area contributed by atoms with E-state index >= 15 is 0 Å². The van der Waals surface area contributed by atoms with Crippen LogP contribution in [0.15, 0.2) is 12.5 Å². The zero-order valence-corrected chi connectivity index (χ0v) is 11.1. The van der Waals surface area contributed by atoms with Crippen molar-refractivity contribution in [3.8, 4) is 0 Å². The van der Waals surface area contributed by atoms with Gasteiger partial charge in [-0.15, -0.1) is 0 Å². The summed E-state index contributed by atoms with van der Waals surface area (Å²) in [6.07, 6.45) is 3.93. The standard InChI is InChI=1S/C12H20N4O3/c1-3-7(2)10(13)11(17)16-9(12(18)19)4-8-5-14-6-15-8/h5-7,9-10H,3-4,13H2,1-2H3,(H,14,15)(H,16,17)(H,18,19)/t7-,9+,10+/m1/s1. The van der Waals surface area contributed by atoms with Gasteiger partial charge in [0.25, 0.3) is 0 Å². The van der Waals surface area contributed by atoms with E-state index in [4.69, 9.17) is 10.8 Å². The minimum atomic E-state index is -1.10. The van der Waals surface area contributed by atoms with E-state index in [0.717, 1.165) is 6.42 Å². The lowest BCUT2D eigenvalue weighted by atomic mass is 9.99. The molecule has 0 aliphatic carbocycles. The molecule has 1 rings (SSSR count). The zero-order valence-electron chi connectivity index (χ0n) is 11.1. The molecule has 1 heterocycles. The first-order valence-electron chi connectivity index (χ1n) is 6.22. The molecule has 1 aromatic rings. The molecule has 0 spiro atoms. The van der Waals surface area contributed by atoms with Gasteiger partial charge >= 0.3 is 5.97 Å². The monoisotopic (exact) mass is 268 g/mol. The summed E-state index contributed by atoms with van der Waals surface area (Å²) in [6, 6.07) is -1.73. The topological polar surface area (TPSA) is 121 Å². The first-order valence-corrected chi connectivity index (χ1v) is 6.22. The quantitative estimate of drug-likeness (QED) is 0.550. The molecular formula is C12H20N4O3. The number of aromatic nitrogens is 2. The van der Waals surface area contributed by atoms with Crippen molar-refractivity contribution in [3.05, 3.63) is 18.2 Å². The first kappa shape index (κ1) is 15.2. The van der Waals surface area contributed by atoms with Crippen LogP contribution in [0.25, 0.3) is 0 Å². The van der Waals surface area contributed by atoms with Gasteiger partial charge in [0, 0.05) is 12.6 Å². The van der Waals surface area contributed by atoms with Gasteiger partial charge in [0.2, 0.25) is 5.91 Å². The van der Waals surface area contributed by atoms with E-state index in [-0.39, 0.29) is 12.3 Å². The Morgan fingerprint density at radius 3 is 2.74 bits per heavy atom. The van der Waals surface area contributed by atoms with Gasteiger partial charge in [-0.05, 0) is 5.92 Å². The fourth-order valence-corrected chi connectivity index (χ4v) is 1.59. The zero-order chi connectivity index (χ0) is 14.4. The summed E-state index contributed by atoms with van der Waals surface area (Å²) in [5, 5.41) is 11.6. The van der Waals surface area contributed by atoms with Crippen molar-refractivity contribution in [1.82, 2.24) is 15.3 Å². The molecule has 1 amide bonds. The fourth-order valence-electron chi connectivity index (χ4n) is 1.59. The number of hydrogen-bond donors (Lipinski definition) is 4. The number of nitrogens with two attached hydrogens (primary N) is 1. The van der Waals surface area contributed by atoms with E-state index in [2.05, 4.69) is 15.3 Å². The molecule has 0 radical (unpaired) electrons. The van der Waals surface area contributed by atoms with E-state index in [1.54, 1.807) is 6.20 Å². The van der Waals surface area contributed by atoms with Gasteiger partial charge < -0.3 is 21.1 Å². The Morgan fingerprint density at radius 1 is 1.58 bits per heavy atom. The largest absolute Gasteiger partial charge is 0.480 e. The van der Waals surface area contributed by atoms with Gasteiger partial charge in [-0.1, -0.05) is 20.3 Å². The van der Waals surface area contributed by atoms with Gasteiger partial charge in [0.15, 0.2) is 0 Å². The Labute approximate surface area is 111 Å². The molecular weight excluding hydrogens is 248 g/mol. The summed E-state index contributed by atoms with van der Waals surface area (Å²) >= 11 is 0. The van der Waals surface area contributed by atoms with E-state index in [0.29, 0.717) is 5.69 Å². The predicted octanol–water partition coefficient (Wildman–Crippen LogP) is -0.105. The molecule has 106 valence electrons. The van der Waals surface area contributed by atoms with Crippen LogP contribution in [-0.4, -0.2) is 39.0 Å². The number of rotatable bonds is 7. The maximum atomic E-state index is 11.9. The van der Waals surface area contributed by atoms with Crippen molar-refractivity contribution < 1.29 is 14.7 Å². The van der Waals surface area contributed by atoms with Gasteiger partial charge in [0.05, 0.1) is 18.1 Å². The Balaban J connectivity index is 2.63. The van der Waals surface area contributed by atoms with Crippen LogP contribution < -0.4 is 11.1 Å². The third-order valence-corrected chi connectivity index (χ3v) is 3.14. The van der Waals surface area contributed by atoms with E-state index in [1.165, 1.54) is 6.33 Å². The summed E-state index contributed by atoms with van der Waals surface area (Å²) < 4.78 is 0. The van der Waals surface area contributed by atoms with Crippen LogP contribution >= 0.6 is 0 Å². The van der Waals surface area contributed by atoms with Crippen LogP contribution in [0.2, 0.25) is 0 Å². The molecule has 1 aromatic heterocycles. The summed E-state index contributed by atoms with van der Waals surface area (Å²) in [5.41, 5.74) is 6.34. The van der Waals surface area contributed by atoms with Crippen LogP contribution in [0.4, 0.5) is 0 Å². The lowest BCUT2D eigenvalue weighted by Crippen LogP contribution is -2.51. The molecule has 0 aliphatic rings. The molecule has 5 N–H and O–H groups in total. The van der Waals surface area contributed by atoms with Crippen molar-refractivity contribution in [2.45, 2.75) is 38.8 Å². The molecule has 0 saturated carbocycles. The number of nitrogens with zero attached hydrogens (tertiary/aromatic N) is 1. The van der Waals surface area contributed by atoms with Crippen molar-refractivity contribution >= 4 is 11.9 Å². The Morgan fingerprint density at radius 2 is 2.26 bits per heavy atom. The second-order valence-corrected chi connectivity index (χ2v) is 4.58. The number of carbonyl (C=O) groups excluding carboxylic acids is 1. The lowest BCUT2D eigenvalue weighted by Gasteiger charge is -2.20. The molecule has 0 fully saturated rings. The number of nitrogens with one attached hydrogen (secondary N) is 2. The van der Waals surface area contributed by atoms with E-state index in [1.807, 2.05) is 13.8 Å². The summed E-state index contributed by atoms with van der Waals surface area (Å²) in [6.45, 7) is 3.78. The maximum absolute atomic E-state index is 11.9. The number of amides is 1. The van der Waals surface area contributed by atoms with E-state index in [9.17, 15) is 9.59 Å². The fraction of sp³-hybridized carbons (Fsp3) is 0.583. The van der Waals surface area contributed by atoms with E-state index < -0.39 is 24.0 Å². The average molecular weight is 268 g/mol. The van der Waals surface area contributed by atoms with Crippen molar-refractivity contribution in [2.24, 2.45) is 11.7 Å². The summed E-state index contributed by atoms with van der Waals surface area (Å²) in [7, 11) is 0.